The van der Waals surface area contributed by atoms with Gasteiger partial charge in [0.2, 0.25) is 0 Å². The monoisotopic (exact) mass is 226 g/mol. The second kappa shape index (κ2) is 5.29. The zero-order valence-corrected chi connectivity index (χ0v) is 9.49. The molecule has 1 N–H and O–H groups in total. The number of nitrogens with one attached hydrogen (secondary N) is 1. The van der Waals surface area contributed by atoms with Gasteiger partial charge in [0.05, 0.1) is 19.9 Å². The van der Waals surface area contributed by atoms with Gasteiger partial charge in [-0.2, -0.15) is 5.10 Å². The molecule has 0 fully saturated rings. The number of methoxy groups -OCH3 is 2. The summed E-state index contributed by atoms with van der Waals surface area (Å²) in [4.78, 5) is 22.9. The molecule has 1 aromatic heterocycles. The molecule has 0 saturated carbocycles. The van der Waals surface area contributed by atoms with Gasteiger partial charge in [-0.3, -0.25) is 5.10 Å². The van der Waals surface area contributed by atoms with Gasteiger partial charge in [-0.15, -0.1) is 0 Å². The van der Waals surface area contributed by atoms with Crippen LogP contribution in [-0.2, 0) is 15.9 Å². The number of ether oxygens (including phenoxy) is 2. The molecular formula is C10H14N2O4. The molecule has 1 rings (SSSR count). The van der Waals surface area contributed by atoms with E-state index in [0.717, 1.165) is 6.42 Å². The first-order chi connectivity index (χ1) is 7.65. The number of carbonyl (C=O) groups is 2. The number of aromatic amines is 1. The van der Waals surface area contributed by atoms with Crippen LogP contribution in [0.25, 0.3) is 0 Å². The molecule has 0 saturated heterocycles. The average molecular weight is 226 g/mol. The summed E-state index contributed by atoms with van der Waals surface area (Å²) < 4.78 is 9.14. The van der Waals surface area contributed by atoms with E-state index < -0.39 is 11.9 Å². The van der Waals surface area contributed by atoms with Crippen molar-refractivity contribution in [3.8, 4) is 0 Å². The van der Waals surface area contributed by atoms with Gasteiger partial charge in [-0.25, -0.2) is 9.59 Å². The summed E-state index contributed by atoms with van der Waals surface area (Å²) in [6, 6.07) is 0. The summed E-state index contributed by atoms with van der Waals surface area (Å²) in [6.07, 6.45) is 1.45. The highest BCUT2D eigenvalue weighted by molar-refractivity contribution is 6.02. The van der Waals surface area contributed by atoms with Gasteiger partial charge >= 0.3 is 11.9 Å². The Hall–Kier alpha value is -1.85. The Morgan fingerprint density at radius 2 is 1.88 bits per heavy atom. The fourth-order valence-corrected chi connectivity index (χ4v) is 1.38. The molecule has 6 heteroatoms. The Labute approximate surface area is 92.9 Å². The average Bonchev–Trinajstić information content (AvgIpc) is 2.71. The third-order valence-electron chi connectivity index (χ3n) is 2.11. The van der Waals surface area contributed by atoms with Gasteiger partial charge in [0, 0.05) is 0 Å². The number of hydrogen-bond donors (Lipinski definition) is 1. The minimum absolute atomic E-state index is 0.0298. The lowest BCUT2D eigenvalue weighted by molar-refractivity contribution is 0.0551. The predicted molar refractivity (Wildman–Crippen MR) is 55.3 cm³/mol. The molecular weight excluding hydrogens is 212 g/mol. The number of nitrogens with zero attached hydrogens (tertiary/aromatic N) is 1. The van der Waals surface area contributed by atoms with Gasteiger partial charge in [-0.1, -0.05) is 13.3 Å². The number of hydrogen-bond acceptors (Lipinski definition) is 5. The van der Waals surface area contributed by atoms with E-state index in [9.17, 15) is 9.59 Å². The maximum atomic E-state index is 11.5. The van der Waals surface area contributed by atoms with Crippen LogP contribution in [-0.4, -0.2) is 36.4 Å². The van der Waals surface area contributed by atoms with Crippen LogP contribution in [0.15, 0.2) is 0 Å². The second-order valence-corrected chi connectivity index (χ2v) is 3.16. The van der Waals surface area contributed by atoms with Crippen molar-refractivity contribution in [2.45, 2.75) is 19.8 Å². The fourth-order valence-electron chi connectivity index (χ4n) is 1.38. The maximum absolute atomic E-state index is 11.5. The van der Waals surface area contributed by atoms with E-state index in [4.69, 9.17) is 0 Å². The van der Waals surface area contributed by atoms with E-state index >= 15 is 0 Å². The fraction of sp³-hybridized carbons (Fsp3) is 0.500. The summed E-state index contributed by atoms with van der Waals surface area (Å²) in [7, 11) is 2.49. The third kappa shape index (κ3) is 2.21. The van der Waals surface area contributed by atoms with Gasteiger partial charge in [-0.05, 0) is 6.42 Å². The van der Waals surface area contributed by atoms with Gasteiger partial charge in [0.25, 0.3) is 0 Å². The number of carbonyl (C=O) groups excluding carboxylic acids is 2. The van der Waals surface area contributed by atoms with Crippen molar-refractivity contribution in [1.82, 2.24) is 10.2 Å². The Morgan fingerprint density at radius 1 is 1.25 bits per heavy atom. The molecule has 0 aliphatic heterocycles. The van der Waals surface area contributed by atoms with Crippen molar-refractivity contribution < 1.29 is 19.1 Å². The quantitative estimate of drug-likeness (QED) is 0.772. The number of rotatable bonds is 4. The molecule has 0 atom stereocenters. The van der Waals surface area contributed by atoms with Crippen LogP contribution in [0, 0.1) is 0 Å². The predicted octanol–water partition coefficient (Wildman–Crippen LogP) is 0.935. The number of esters is 2. The number of aryl methyl sites for hydroxylation is 1. The van der Waals surface area contributed by atoms with Crippen LogP contribution in [0.2, 0.25) is 0 Å². The molecule has 0 aliphatic rings. The molecule has 0 amide bonds. The van der Waals surface area contributed by atoms with Gasteiger partial charge in [0.1, 0.15) is 5.56 Å². The molecule has 1 aromatic rings. The van der Waals surface area contributed by atoms with E-state index in [1.165, 1.54) is 14.2 Å². The highest BCUT2D eigenvalue weighted by atomic mass is 16.5. The van der Waals surface area contributed by atoms with Crippen molar-refractivity contribution in [2.24, 2.45) is 0 Å². The number of H-pyrrole nitrogens is 1. The van der Waals surface area contributed by atoms with Gasteiger partial charge in [0.15, 0.2) is 5.69 Å². The highest BCUT2D eigenvalue weighted by Gasteiger charge is 2.25. The second-order valence-electron chi connectivity index (χ2n) is 3.16. The smallest absolute Gasteiger partial charge is 0.359 e. The maximum Gasteiger partial charge on any atom is 0.359 e. The van der Waals surface area contributed by atoms with E-state index in [-0.39, 0.29) is 11.3 Å². The van der Waals surface area contributed by atoms with Crippen LogP contribution in [0.4, 0.5) is 0 Å². The standard InChI is InChI=1S/C10H14N2O4/c1-4-5-6-7(9(13)15-2)8(12-11-6)10(14)16-3/h4-5H2,1-3H3,(H,11,12). The first kappa shape index (κ1) is 12.2. The first-order valence-corrected chi connectivity index (χ1v) is 4.89. The Balaban J connectivity index is 3.19. The first-order valence-electron chi connectivity index (χ1n) is 4.89. The lowest BCUT2D eigenvalue weighted by Crippen LogP contribution is -2.12. The Morgan fingerprint density at radius 3 is 2.38 bits per heavy atom. The Bertz CT molecular complexity index is 398. The van der Waals surface area contributed by atoms with Crippen molar-refractivity contribution in [3.63, 3.8) is 0 Å². The highest BCUT2D eigenvalue weighted by Crippen LogP contribution is 2.15. The van der Waals surface area contributed by atoms with Crippen molar-refractivity contribution in [2.75, 3.05) is 14.2 Å². The van der Waals surface area contributed by atoms with Crippen LogP contribution in [0.3, 0.4) is 0 Å². The van der Waals surface area contributed by atoms with Crippen molar-refractivity contribution in [1.29, 1.82) is 0 Å². The summed E-state index contributed by atoms with van der Waals surface area (Å²) >= 11 is 0. The molecule has 0 radical (unpaired) electrons. The van der Waals surface area contributed by atoms with E-state index in [2.05, 4.69) is 19.7 Å². The minimum atomic E-state index is -0.654. The SMILES string of the molecule is CCCc1[nH]nc(C(=O)OC)c1C(=O)OC. The molecule has 0 unspecified atom stereocenters. The topological polar surface area (TPSA) is 81.3 Å². The lowest BCUT2D eigenvalue weighted by atomic mass is 10.1. The summed E-state index contributed by atoms with van der Waals surface area (Å²) in [5.74, 6) is -1.24. The summed E-state index contributed by atoms with van der Waals surface area (Å²) in [5.41, 5.74) is 0.726. The third-order valence-corrected chi connectivity index (χ3v) is 2.11. The molecule has 16 heavy (non-hydrogen) atoms. The van der Waals surface area contributed by atoms with Gasteiger partial charge < -0.3 is 9.47 Å². The summed E-state index contributed by atoms with van der Waals surface area (Å²) in [6.45, 7) is 1.96. The summed E-state index contributed by atoms with van der Waals surface area (Å²) in [5, 5.41) is 6.43. The lowest BCUT2D eigenvalue weighted by Gasteiger charge is -2.01. The molecule has 6 nitrogen and oxygen atoms in total. The van der Waals surface area contributed by atoms with Crippen LogP contribution >= 0.6 is 0 Å². The van der Waals surface area contributed by atoms with E-state index in [1.54, 1.807) is 0 Å². The van der Waals surface area contributed by atoms with Crippen molar-refractivity contribution in [3.05, 3.63) is 17.0 Å². The zero-order chi connectivity index (χ0) is 12.1. The van der Waals surface area contributed by atoms with Crippen LogP contribution in [0.5, 0.6) is 0 Å². The Kier molecular flexibility index (Phi) is 4.04. The van der Waals surface area contributed by atoms with E-state index in [1.807, 2.05) is 6.92 Å². The normalized spacial score (nSPS) is 9.94. The minimum Gasteiger partial charge on any atom is -0.465 e. The largest absolute Gasteiger partial charge is 0.465 e. The molecule has 0 aliphatic carbocycles. The van der Waals surface area contributed by atoms with Crippen molar-refractivity contribution >= 4 is 11.9 Å². The molecule has 0 aromatic carbocycles. The zero-order valence-electron chi connectivity index (χ0n) is 9.49. The number of aromatic nitrogens is 2. The molecule has 0 bridgehead atoms. The molecule has 88 valence electrons. The molecule has 0 spiro atoms. The van der Waals surface area contributed by atoms with Crippen LogP contribution in [0.1, 0.15) is 39.9 Å². The van der Waals surface area contributed by atoms with E-state index in [0.29, 0.717) is 12.1 Å². The molecule has 1 heterocycles. The van der Waals surface area contributed by atoms with Crippen LogP contribution < -0.4 is 0 Å².